The Morgan fingerprint density at radius 1 is 0.744 bits per heavy atom. The number of hydrogen-bond donors (Lipinski definition) is 3. The second kappa shape index (κ2) is 13.7. The van der Waals surface area contributed by atoms with Gasteiger partial charge in [0.05, 0.1) is 5.75 Å². The SMILES string of the molecule is Cc1ccc(NC(=O)CSc2ccc(NC(=O)/C(=C/c3cccc4ccccc34)NC(=O)c3ccccc3)cc2)c(C)c1. The molecule has 3 N–H and O–H groups in total. The van der Waals surface area contributed by atoms with Crippen molar-refractivity contribution >= 4 is 57.7 Å². The molecule has 0 heterocycles. The molecule has 0 radical (unpaired) electrons. The molecule has 0 unspecified atom stereocenters. The molecule has 43 heavy (non-hydrogen) atoms. The van der Waals surface area contributed by atoms with Gasteiger partial charge in [0.2, 0.25) is 5.91 Å². The summed E-state index contributed by atoms with van der Waals surface area (Å²) in [4.78, 5) is 39.9. The fourth-order valence-corrected chi connectivity index (χ4v) is 5.29. The summed E-state index contributed by atoms with van der Waals surface area (Å²) in [6.45, 7) is 3.99. The third-order valence-corrected chi connectivity index (χ3v) is 7.80. The Morgan fingerprint density at radius 3 is 2.23 bits per heavy atom. The maximum atomic E-state index is 13.5. The fourth-order valence-electron chi connectivity index (χ4n) is 4.60. The van der Waals surface area contributed by atoms with Crippen molar-refractivity contribution in [3.05, 3.63) is 143 Å². The highest BCUT2D eigenvalue weighted by atomic mass is 32.2. The molecule has 0 atom stereocenters. The molecule has 0 saturated carbocycles. The van der Waals surface area contributed by atoms with Gasteiger partial charge in [0, 0.05) is 21.8 Å². The molecule has 7 heteroatoms. The van der Waals surface area contributed by atoms with E-state index in [4.69, 9.17) is 0 Å². The third-order valence-electron chi connectivity index (χ3n) is 6.79. The Labute approximate surface area is 255 Å². The highest BCUT2D eigenvalue weighted by molar-refractivity contribution is 8.00. The Hall–Kier alpha value is -5.14. The lowest BCUT2D eigenvalue weighted by Crippen LogP contribution is -2.30. The van der Waals surface area contributed by atoms with Crippen molar-refractivity contribution in [3.63, 3.8) is 0 Å². The lowest BCUT2D eigenvalue weighted by Gasteiger charge is -2.13. The molecule has 0 aromatic heterocycles. The zero-order valence-corrected chi connectivity index (χ0v) is 24.7. The maximum absolute atomic E-state index is 13.5. The Kier molecular flexibility index (Phi) is 9.34. The van der Waals surface area contributed by atoms with Crippen LogP contribution in [0.25, 0.3) is 16.8 Å². The van der Waals surface area contributed by atoms with E-state index in [9.17, 15) is 14.4 Å². The normalized spacial score (nSPS) is 11.2. The first-order valence-electron chi connectivity index (χ1n) is 13.8. The number of amides is 3. The van der Waals surface area contributed by atoms with Crippen molar-refractivity contribution in [2.45, 2.75) is 18.7 Å². The Bertz CT molecular complexity index is 1810. The predicted molar refractivity (Wildman–Crippen MR) is 176 cm³/mol. The molecule has 5 rings (SSSR count). The van der Waals surface area contributed by atoms with Gasteiger partial charge in [-0.3, -0.25) is 14.4 Å². The summed E-state index contributed by atoms with van der Waals surface area (Å²) in [6, 6.07) is 35.6. The van der Waals surface area contributed by atoms with Crippen LogP contribution in [0.5, 0.6) is 0 Å². The minimum absolute atomic E-state index is 0.0910. The molecule has 214 valence electrons. The molecule has 0 aliphatic rings. The van der Waals surface area contributed by atoms with E-state index in [1.165, 1.54) is 11.8 Å². The van der Waals surface area contributed by atoms with Gasteiger partial charge >= 0.3 is 0 Å². The average molecular weight is 586 g/mol. The first kappa shape index (κ1) is 29.4. The maximum Gasteiger partial charge on any atom is 0.272 e. The molecule has 0 fully saturated rings. The molecule has 0 bridgehead atoms. The quantitative estimate of drug-likeness (QED) is 0.123. The van der Waals surface area contributed by atoms with E-state index in [2.05, 4.69) is 16.0 Å². The first-order valence-corrected chi connectivity index (χ1v) is 14.8. The first-order chi connectivity index (χ1) is 20.9. The summed E-state index contributed by atoms with van der Waals surface area (Å²) in [5.41, 5.74) is 4.91. The average Bonchev–Trinajstić information content (AvgIpc) is 3.02. The lowest BCUT2D eigenvalue weighted by molar-refractivity contribution is -0.114. The monoisotopic (exact) mass is 585 g/mol. The van der Waals surface area contributed by atoms with E-state index in [-0.39, 0.29) is 23.3 Å². The van der Waals surface area contributed by atoms with Crippen LogP contribution in [-0.2, 0) is 9.59 Å². The number of nitrogens with one attached hydrogen (secondary N) is 3. The number of anilines is 2. The van der Waals surface area contributed by atoms with Gasteiger partial charge in [0.1, 0.15) is 5.70 Å². The molecule has 0 aliphatic carbocycles. The summed E-state index contributed by atoms with van der Waals surface area (Å²) in [5, 5.41) is 10.6. The zero-order chi connectivity index (χ0) is 30.2. The van der Waals surface area contributed by atoms with Crippen molar-refractivity contribution in [3.8, 4) is 0 Å². The zero-order valence-electron chi connectivity index (χ0n) is 23.9. The van der Waals surface area contributed by atoms with E-state index < -0.39 is 5.91 Å². The summed E-state index contributed by atoms with van der Waals surface area (Å²) in [6.07, 6.45) is 1.69. The van der Waals surface area contributed by atoms with Gasteiger partial charge in [-0.25, -0.2) is 0 Å². The number of aryl methyl sites for hydroxylation is 2. The highest BCUT2D eigenvalue weighted by Gasteiger charge is 2.16. The summed E-state index contributed by atoms with van der Waals surface area (Å²) >= 11 is 1.41. The van der Waals surface area contributed by atoms with E-state index in [1.54, 1.807) is 42.5 Å². The summed E-state index contributed by atoms with van der Waals surface area (Å²) < 4.78 is 0. The molecule has 5 aromatic carbocycles. The van der Waals surface area contributed by atoms with Crippen molar-refractivity contribution in [1.29, 1.82) is 0 Å². The van der Waals surface area contributed by atoms with Gasteiger partial charge in [0.25, 0.3) is 11.8 Å². The number of carbonyl (C=O) groups is 3. The number of benzene rings is 5. The number of fused-ring (bicyclic) bond motifs is 1. The number of hydrogen-bond acceptors (Lipinski definition) is 4. The molecular formula is C36H31N3O3S. The summed E-state index contributed by atoms with van der Waals surface area (Å²) in [5.74, 6) is -0.673. The van der Waals surface area contributed by atoms with Gasteiger partial charge in [-0.2, -0.15) is 0 Å². The van der Waals surface area contributed by atoms with Crippen LogP contribution in [0.15, 0.2) is 126 Å². The van der Waals surface area contributed by atoms with E-state index in [1.807, 2.05) is 92.7 Å². The molecule has 0 spiro atoms. The van der Waals surface area contributed by atoms with Crippen molar-refractivity contribution < 1.29 is 14.4 Å². The smallest absolute Gasteiger partial charge is 0.272 e. The van der Waals surface area contributed by atoms with Crippen LogP contribution in [0, 0.1) is 13.8 Å². The van der Waals surface area contributed by atoms with Crippen molar-refractivity contribution in [2.24, 2.45) is 0 Å². The van der Waals surface area contributed by atoms with Gasteiger partial charge in [-0.05, 0) is 84.3 Å². The van der Waals surface area contributed by atoms with Gasteiger partial charge in [-0.15, -0.1) is 11.8 Å². The van der Waals surface area contributed by atoms with E-state index in [0.717, 1.165) is 38.0 Å². The Balaban J connectivity index is 1.28. The van der Waals surface area contributed by atoms with Crippen LogP contribution < -0.4 is 16.0 Å². The number of thioether (sulfide) groups is 1. The van der Waals surface area contributed by atoms with Crippen molar-refractivity contribution in [1.82, 2.24) is 5.32 Å². The molecule has 0 saturated heterocycles. The van der Waals surface area contributed by atoms with Crippen LogP contribution in [-0.4, -0.2) is 23.5 Å². The lowest BCUT2D eigenvalue weighted by atomic mass is 10.0. The minimum atomic E-state index is -0.453. The van der Waals surface area contributed by atoms with Crippen LogP contribution in [0.2, 0.25) is 0 Å². The van der Waals surface area contributed by atoms with Crippen LogP contribution in [0.3, 0.4) is 0 Å². The van der Waals surface area contributed by atoms with Crippen molar-refractivity contribution in [2.75, 3.05) is 16.4 Å². The fraction of sp³-hybridized carbons (Fsp3) is 0.0833. The molecule has 5 aromatic rings. The second-order valence-corrected chi connectivity index (χ2v) is 11.1. The van der Waals surface area contributed by atoms with Gasteiger partial charge < -0.3 is 16.0 Å². The van der Waals surface area contributed by atoms with E-state index in [0.29, 0.717) is 11.3 Å². The summed E-state index contributed by atoms with van der Waals surface area (Å²) in [7, 11) is 0. The predicted octanol–water partition coefficient (Wildman–Crippen LogP) is 7.60. The highest BCUT2D eigenvalue weighted by Crippen LogP contribution is 2.24. The van der Waals surface area contributed by atoms with Crippen LogP contribution in [0.1, 0.15) is 27.0 Å². The molecule has 0 aliphatic heterocycles. The number of carbonyl (C=O) groups excluding carboxylic acids is 3. The molecule has 3 amide bonds. The Morgan fingerprint density at radius 2 is 1.47 bits per heavy atom. The van der Waals surface area contributed by atoms with Crippen LogP contribution >= 0.6 is 11.8 Å². The number of rotatable bonds is 9. The van der Waals surface area contributed by atoms with Crippen LogP contribution in [0.4, 0.5) is 11.4 Å². The standard InChI is InChI=1S/C36H31N3O3S/c1-24-15-20-32(25(2)21-24)38-34(40)23-43-30-18-16-29(17-19-30)37-36(42)33(39-35(41)27-10-4-3-5-11-27)22-28-13-8-12-26-9-6-7-14-31(26)28/h3-22H,23H2,1-2H3,(H,37,42)(H,38,40)(H,39,41)/b33-22-. The van der Waals surface area contributed by atoms with Gasteiger partial charge in [-0.1, -0.05) is 78.4 Å². The minimum Gasteiger partial charge on any atom is -0.325 e. The topological polar surface area (TPSA) is 87.3 Å². The largest absolute Gasteiger partial charge is 0.325 e. The third kappa shape index (κ3) is 7.78. The van der Waals surface area contributed by atoms with Gasteiger partial charge in [0.15, 0.2) is 0 Å². The molecular weight excluding hydrogens is 554 g/mol. The molecule has 6 nitrogen and oxygen atoms in total. The second-order valence-electron chi connectivity index (χ2n) is 10.1. The van der Waals surface area contributed by atoms with E-state index >= 15 is 0 Å².